The summed E-state index contributed by atoms with van der Waals surface area (Å²) >= 11 is 14.9. The zero-order chi connectivity index (χ0) is 12.8. The maximum absolute atomic E-state index is 6.50. The van der Waals surface area contributed by atoms with Gasteiger partial charge in [0.05, 0.1) is 6.16 Å². The number of thiol groups is 2. The number of hydrogen-bond acceptors (Lipinski definition) is 4. The van der Waals surface area contributed by atoms with Crippen LogP contribution in [-0.4, -0.2) is 29.3 Å². The maximum Gasteiger partial charge on any atom is 0.181 e. The summed E-state index contributed by atoms with van der Waals surface area (Å²) in [4.78, 5) is 0. The largest absolute Gasteiger partial charge is 0.290 e. The predicted molar refractivity (Wildman–Crippen MR) is 91.8 cm³/mol. The van der Waals surface area contributed by atoms with Gasteiger partial charge in [-0.2, -0.15) is 0 Å². The fourth-order valence-corrected chi connectivity index (χ4v) is 10.5. The molecule has 0 radical (unpaired) electrons. The van der Waals surface area contributed by atoms with E-state index in [2.05, 4.69) is 33.4 Å². The Morgan fingerprint density at radius 2 is 1.94 bits per heavy atom. The third-order valence-corrected chi connectivity index (χ3v) is 14.1. The molecule has 3 unspecified atom stereocenters. The number of rotatable bonds is 8. The Hall–Kier alpha value is 1.61. The second kappa shape index (κ2) is 7.92. The fraction of sp³-hybridized carbons (Fsp3) is 1.00. The van der Waals surface area contributed by atoms with Crippen LogP contribution in [-0.2, 0) is 11.8 Å². The molecule has 0 aliphatic rings. The van der Waals surface area contributed by atoms with Crippen molar-refractivity contribution in [1.82, 2.24) is 0 Å². The first kappa shape index (κ1) is 17.6. The molecule has 0 bridgehead atoms. The van der Waals surface area contributed by atoms with E-state index in [1.165, 1.54) is 0 Å². The van der Waals surface area contributed by atoms with Crippen LogP contribution in [0.1, 0.15) is 33.6 Å². The molecule has 96 valence electrons. The molecule has 0 aromatic carbocycles. The highest BCUT2D eigenvalue weighted by Gasteiger charge is 2.52. The highest BCUT2D eigenvalue weighted by atomic mass is 32.7. The fourth-order valence-electron chi connectivity index (χ4n) is 1.67. The summed E-state index contributed by atoms with van der Waals surface area (Å²) in [6, 6.07) is 0. The van der Waals surface area contributed by atoms with E-state index < -0.39 is 6.46 Å². The molecule has 0 aromatic rings. The lowest BCUT2D eigenvalue weighted by atomic mass is 10.4. The van der Waals surface area contributed by atoms with Gasteiger partial charge in [0.15, 0.2) is 29.9 Å². The van der Waals surface area contributed by atoms with Crippen LogP contribution in [0, 0.1) is 0 Å². The van der Waals surface area contributed by atoms with Crippen LogP contribution in [0.5, 0.6) is 0 Å². The standard InChI is InChI=1S/C10H24NP2S3/c1-4-6-12(15)8-10(3,11)13(16,9-14)7-5-2/h16H,4-9,11H2,1-3H3/q+1/p+1. The zero-order valence-corrected chi connectivity index (χ0v) is 14.9. The molecule has 16 heavy (non-hydrogen) atoms. The third-order valence-electron chi connectivity index (χ3n) is 2.75. The summed E-state index contributed by atoms with van der Waals surface area (Å²) in [6.07, 6.45) is 5.51. The van der Waals surface area contributed by atoms with Crippen molar-refractivity contribution in [3.63, 3.8) is 0 Å². The van der Waals surface area contributed by atoms with Gasteiger partial charge in [-0.25, -0.2) is 0 Å². The average molecular weight is 317 g/mol. The van der Waals surface area contributed by atoms with Crippen molar-refractivity contribution in [2.24, 2.45) is 5.73 Å². The van der Waals surface area contributed by atoms with Gasteiger partial charge in [0.1, 0.15) is 18.1 Å². The summed E-state index contributed by atoms with van der Waals surface area (Å²) in [5, 5.41) is -0.198. The first-order valence-electron chi connectivity index (χ1n) is 5.74. The molecule has 2 N–H and O–H groups in total. The zero-order valence-electron chi connectivity index (χ0n) is 10.5. The van der Waals surface area contributed by atoms with E-state index in [-0.39, 0.29) is 12.0 Å². The van der Waals surface area contributed by atoms with Gasteiger partial charge in [-0.05, 0) is 19.8 Å². The topological polar surface area (TPSA) is 26.0 Å². The minimum Gasteiger partial charge on any atom is -0.290 e. The molecule has 0 aromatic heterocycles. The van der Waals surface area contributed by atoms with Gasteiger partial charge in [-0.3, -0.25) is 5.73 Å². The van der Waals surface area contributed by atoms with Crippen LogP contribution in [0.15, 0.2) is 0 Å². The molecule has 0 rings (SSSR count). The number of nitrogens with two attached hydrogens (primary N) is 1. The lowest BCUT2D eigenvalue weighted by molar-refractivity contribution is 0.743. The van der Waals surface area contributed by atoms with Gasteiger partial charge in [0, 0.05) is 12.2 Å². The average Bonchev–Trinajstić information content (AvgIpc) is 2.17. The van der Waals surface area contributed by atoms with Crippen LogP contribution < -0.4 is 5.73 Å². The van der Waals surface area contributed by atoms with E-state index in [1.54, 1.807) is 0 Å². The van der Waals surface area contributed by atoms with Gasteiger partial charge in [0.25, 0.3) is 0 Å². The molecular formula is C10H25NP2S3+2. The van der Waals surface area contributed by atoms with Gasteiger partial charge < -0.3 is 0 Å². The molecule has 0 fully saturated rings. The van der Waals surface area contributed by atoms with Crippen molar-refractivity contribution in [2.45, 2.75) is 38.9 Å². The Kier molecular flexibility index (Phi) is 8.71. The van der Waals surface area contributed by atoms with Crippen molar-refractivity contribution in [1.29, 1.82) is 0 Å². The molecule has 0 heterocycles. The Morgan fingerprint density at radius 1 is 1.38 bits per heavy atom. The van der Waals surface area contributed by atoms with E-state index in [0.29, 0.717) is 0 Å². The molecule has 0 saturated carbocycles. The Morgan fingerprint density at radius 3 is 2.31 bits per heavy atom. The maximum atomic E-state index is 6.50. The summed E-state index contributed by atoms with van der Waals surface area (Å²) in [6.45, 7) is 4.72. The van der Waals surface area contributed by atoms with E-state index in [1.807, 2.05) is 0 Å². The van der Waals surface area contributed by atoms with E-state index in [9.17, 15) is 0 Å². The Labute approximate surface area is 118 Å². The quantitative estimate of drug-likeness (QED) is 0.463. The Bertz CT molecular complexity index is 236. The SMILES string of the molecule is CCC[P+](=S)CC(C)(N)[P+](S)(CS)CCC. The Balaban J connectivity index is 4.65. The normalized spacial score (nSPS) is 20.0. The monoisotopic (exact) mass is 317 g/mol. The smallest absolute Gasteiger partial charge is 0.181 e. The van der Waals surface area contributed by atoms with Crippen molar-refractivity contribution in [3.05, 3.63) is 0 Å². The molecule has 0 amide bonds. The lowest BCUT2D eigenvalue weighted by Gasteiger charge is -2.32. The van der Waals surface area contributed by atoms with Crippen molar-refractivity contribution in [3.8, 4) is 0 Å². The van der Waals surface area contributed by atoms with Crippen LogP contribution in [0.4, 0.5) is 0 Å². The molecule has 0 aliphatic carbocycles. The first-order chi connectivity index (χ1) is 7.33. The van der Waals surface area contributed by atoms with Crippen LogP contribution >= 0.6 is 38.0 Å². The molecular weight excluding hydrogens is 292 g/mol. The van der Waals surface area contributed by atoms with Crippen LogP contribution in [0.25, 0.3) is 0 Å². The van der Waals surface area contributed by atoms with Gasteiger partial charge in [0.2, 0.25) is 0 Å². The van der Waals surface area contributed by atoms with Gasteiger partial charge in [-0.15, -0.1) is 12.6 Å². The summed E-state index contributed by atoms with van der Waals surface area (Å²) in [7, 11) is 0. The highest BCUT2D eigenvalue weighted by Crippen LogP contribution is 2.72. The summed E-state index contributed by atoms with van der Waals surface area (Å²) in [5.74, 6) is 0. The first-order valence-corrected chi connectivity index (χ1v) is 12.4. The second-order valence-corrected chi connectivity index (χ2v) is 14.5. The second-order valence-electron chi connectivity index (χ2n) is 4.51. The van der Waals surface area contributed by atoms with Crippen LogP contribution in [0.2, 0.25) is 0 Å². The summed E-state index contributed by atoms with van der Waals surface area (Å²) in [5.41, 5.74) is 7.32. The van der Waals surface area contributed by atoms with Crippen LogP contribution in [0.3, 0.4) is 0 Å². The molecule has 3 atom stereocenters. The van der Waals surface area contributed by atoms with Crippen molar-refractivity contribution in [2.75, 3.05) is 24.0 Å². The predicted octanol–water partition coefficient (Wildman–Crippen LogP) is 4.17. The van der Waals surface area contributed by atoms with Crippen molar-refractivity contribution >= 4 is 49.8 Å². The molecule has 1 nitrogen and oxygen atoms in total. The van der Waals surface area contributed by atoms with E-state index in [4.69, 9.17) is 29.8 Å². The van der Waals surface area contributed by atoms with E-state index >= 15 is 0 Å². The highest BCUT2D eigenvalue weighted by molar-refractivity contribution is 8.55. The van der Waals surface area contributed by atoms with Gasteiger partial charge >= 0.3 is 0 Å². The number of hydrogen-bond donors (Lipinski definition) is 3. The minimum absolute atomic E-state index is 0.198. The third kappa shape index (κ3) is 5.08. The van der Waals surface area contributed by atoms with Gasteiger partial charge in [-0.1, -0.05) is 13.8 Å². The van der Waals surface area contributed by atoms with Crippen molar-refractivity contribution < 1.29 is 0 Å². The molecule has 6 heteroatoms. The molecule has 0 saturated heterocycles. The molecule has 0 aliphatic heterocycles. The minimum atomic E-state index is -1.44. The lowest BCUT2D eigenvalue weighted by Crippen LogP contribution is -2.41. The summed E-state index contributed by atoms with van der Waals surface area (Å²) < 4.78 is 0. The van der Waals surface area contributed by atoms with E-state index in [0.717, 1.165) is 36.8 Å². The molecule has 0 spiro atoms.